The summed E-state index contributed by atoms with van der Waals surface area (Å²) in [5.41, 5.74) is 5.60. The van der Waals surface area contributed by atoms with Crippen LogP contribution in [0.25, 0.3) is 0 Å². The van der Waals surface area contributed by atoms with E-state index >= 15 is 0 Å². The van der Waals surface area contributed by atoms with Gasteiger partial charge in [-0.1, -0.05) is 49.7 Å². The molecule has 0 atom stereocenters. The molecule has 0 spiro atoms. The molecule has 2 N–H and O–H groups in total. The normalized spacial score (nSPS) is 11.0. The largest absolute Gasteiger partial charge is 0.506 e. The highest BCUT2D eigenvalue weighted by molar-refractivity contribution is 6.32. The molecular weight excluding hydrogens is 456 g/mol. The Labute approximate surface area is 203 Å². The second-order valence-corrected chi connectivity index (χ2v) is 8.21. The van der Waals surface area contributed by atoms with Gasteiger partial charge in [-0.2, -0.15) is 5.10 Å². The minimum absolute atomic E-state index is 0.0807. The number of phenolic OH excluding ortho intramolecular Hbond substituents is 1. The summed E-state index contributed by atoms with van der Waals surface area (Å²) in [6.45, 7) is 4.65. The number of amides is 1. The molecule has 0 fully saturated rings. The molecule has 0 saturated carbocycles. The molecule has 0 aliphatic rings. The van der Waals surface area contributed by atoms with Crippen molar-refractivity contribution in [1.82, 2.24) is 5.43 Å². The molecule has 0 aliphatic heterocycles. The Hall–Kier alpha value is -3.71. The summed E-state index contributed by atoms with van der Waals surface area (Å²) in [6, 6.07) is 15.9. The first-order valence-electron chi connectivity index (χ1n) is 10.6. The van der Waals surface area contributed by atoms with Crippen molar-refractivity contribution < 1.29 is 24.1 Å². The van der Waals surface area contributed by atoms with E-state index in [0.29, 0.717) is 35.3 Å². The molecule has 0 heterocycles. The fraction of sp³-hybridized carbons (Fsp3) is 0.231. The number of nitrogens with one attached hydrogen (secondary N) is 1. The van der Waals surface area contributed by atoms with Crippen molar-refractivity contribution in [1.29, 1.82) is 0 Å². The van der Waals surface area contributed by atoms with Crippen LogP contribution < -0.4 is 19.6 Å². The number of phenols is 1. The Balaban J connectivity index is 1.75. The third-order valence-corrected chi connectivity index (χ3v) is 5.40. The van der Waals surface area contributed by atoms with Crippen LogP contribution in [0.1, 0.15) is 46.8 Å². The molecule has 1 amide bonds. The SMILES string of the molecule is COc1cc(C=NNC(=O)c2ccc(O)c(Cl)c2)cc(OCc2ccc(C(C)C)cc2)c1OC. The molecule has 3 aromatic rings. The summed E-state index contributed by atoms with van der Waals surface area (Å²) < 4.78 is 17.0. The first-order chi connectivity index (χ1) is 16.3. The predicted octanol–water partition coefficient (Wildman–Crippen LogP) is 5.53. The third kappa shape index (κ3) is 6.20. The summed E-state index contributed by atoms with van der Waals surface area (Å²) in [5.74, 6) is 1.29. The quantitative estimate of drug-likeness (QED) is 0.309. The van der Waals surface area contributed by atoms with Crippen LogP contribution >= 0.6 is 11.6 Å². The van der Waals surface area contributed by atoms with E-state index in [9.17, 15) is 9.90 Å². The Kier molecular flexibility index (Phi) is 8.38. The average molecular weight is 483 g/mol. The number of benzene rings is 3. The van der Waals surface area contributed by atoms with Crippen LogP contribution in [0, 0.1) is 0 Å². The Bertz CT molecular complexity index is 1180. The number of rotatable bonds is 9. The van der Waals surface area contributed by atoms with Crippen LogP contribution in [0.4, 0.5) is 0 Å². The van der Waals surface area contributed by atoms with Gasteiger partial charge in [-0.15, -0.1) is 0 Å². The number of carbonyl (C=O) groups excluding carboxylic acids is 1. The smallest absolute Gasteiger partial charge is 0.271 e. The number of hydrazone groups is 1. The van der Waals surface area contributed by atoms with E-state index in [0.717, 1.165) is 5.56 Å². The van der Waals surface area contributed by atoms with Gasteiger partial charge in [0.1, 0.15) is 12.4 Å². The van der Waals surface area contributed by atoms with Crippen molar-refractivity contribution in [2.75, 3.05) is 14.2 Å². The van der Waals surface area contributed by atoms with Gasteiger partial charge in [0, 0.05) is 11.1 Å². The van der Waals surface area contributed by atoms with Crippen LogP contribution in [0.2, 0.25) is 5.02 Å². The molecule has 8 heteroatoms. The van der Waals surface area contributed by atoms with Crippen LogP contribution in [-0.4, -0.2) is 31.4 Å². The van der Waals surface area contributed by atoms with Crippen LogP contribution in [0.3, 0.4) is 0 Å². The van der Waals surface area contributed by atoms with Crippen LogP contribution in [-0.2, 0) is 6.61 Å². The minimum atomic E-state index is -0.472. The van der Waals surface area contributed by atoms with Gasteiger partial charge in [0.15, 0.2) is 11.5 Å². The molecule has 0 aliphatic carbocycles. The molecule has 3 aromatic carbocycles. The monoisotopic (exact) mass is 482 g/mol. The van der Waals surface area contributed by atoms with E-state index in [1.807, 2.05) is 12.1 Å². The van der Waals surface area contributed by atoms with Crippen molar-refractivity contribution in [3.05, 3.63) is 81.9 Å². The summed E-state index contributed by atoms with van der Waals surface area (Å²) in [5, 5.41) is 13.6. The number of hydrogen-bond donors (Lipinski definition) is 2. The number of halogens is 1. The first-order valence-corrected chi connectivity index (χ1v) is 11.0. The van der Waals surface area contributed by atoms with Crippen molar-refractivity contribution in [2.45, 2.75) is 26.4 Å². The molecule has 7 nitrogen and oxygen atoms in total. The third-order valence-electron chi connectivity index (χ3n) is 5.10. The van der Waals surface area contributed by atoms with Crippen molar-refractivity contribution >= 4 is 23.7 Å². The van der Waals surface area contributed by atoms with Gasteiger partial charge < -0.3 is 19.3 Å². The second kappa shape index (κ2) is 11.4. The van der Waals surface area contributed by atoms with Gasteiger partial charge >= 0.3 is 0 Å². The Morgan fingerprint density at radius 2 is 1.76 bits per heavy atom. The van der Waals surface area contributed by atoms with Gasteiger partial charge in [0.05, 0.1) is 25.5 Å². The number of nitrogens with zero attached hydrogens (tertiary/aromatic N) is 1. The summed E-state index contributed by atoms with van der Waals surface area (Å²) in [4.78, 5) is 12.3. The van der Waals surface area contributed by atoms with Crippen molar-refractivity contribution in [3.63, 3.8) is 0 Å². The molecule has 0 aromatic heterocycles. The van der Waals surface area contributed by atoms with Crippen LogP contribution in [0.15, 0.2) is 59.7 Å². The number of hydrogen-bond acceptors (Lipinski definition) is 6. The maximum Gasteiger partial charge on any atom is 0.271 e. The fourth-order valence-corrected chi connectivity index (χ4v) is 3.35. The summed E-state index contributed by atoms with van der Waals surface area (Å²) >= 11 is 5.85. The molecule has 0 unspecified atom stereocenters. The molecule has 0 saturated heterocycles. The maximum atomic E-state index is 12.3. The van der Waals surface area contributed by atoms with E-state index in [-0.39, 0.29) is 16.3 Å². The standard InChI is InChI=1S/C26H27ClN2O5/c1-16(2)19-7-5-17(6-8-19)15-34-24-12-18(11-23(32-3)25(24)33-4)14-28-29-26(31)20-9-10-22(30)21(27)13-20/h5-14,16,30H,15H2,1-4H3,(H,29,31). The maximum absolute atomic E-state index is 12.3. The predicted molar refractivity (Wildman–Crippen MR) is 133 cm³/mol. The van der Waals surface area contributed by atoms with E-state index in [2.05, 4.69) is 36.5 Å². The van der Waals surface area contributed by atoms with E-state index in [1.165, 1.54) is 37.1 Å². The van der Waals surface area contributed by atoms with Gasteiger partial charge in [-0.05, 0) is 47.4 Å². The van der Waals surface area contributed by atoms with E-state index < -0.39 is 5.91 Å². The Morgan fingerprint density at radius 1 is 1.06 bits per heavy atom. The second-order valence-electron chi connectivity index (χ2n) is 7.80. The van der Waals surface area contributed by atoms with Gasteiger partial charge in [0.25, 0.3) is 5.91 Å². The lowest BCUT2D eigenvalue weighted by Gasteiger charge is -2.15. The number of aromatic hydroxyl groups is 1. The molecule has 178 valence electrons. The van der Waals surface area contributed by atoms with Crippen molar-refractivity contribution in [2.24, 2.45) is 5.10 Å². The topological polar surface area (TPSA) is 89.4 Å². The minimum Gasteiger partial charge on any atom is -0.506 e. The van der Waals surface area contributed by atoms with Gasteiger partial charge in [-0.25, -0.2) is 5.43 Å². The molecule has 34 heavy (non-hydrogen) atoms. The Morgan fingerprint density at radius 3 is 2.38 bits per heavy atom. The summed E-state index contributed by atoms with van der Waals surface area (Å²) in [7, 11) is 3.07. The van der Waals surface area contributed by atoms with E-state index in [1.54, 1.807) is 19.2 Å². The highest BCUT2D eigenvalue weighted by atomic mass is 35.5. The highest BCUT2D eigenvalue weighted by Crippen LogP contribution is 2.38. The van der Waals surface area contributed by atoms with Gasteiger partial charge in [0.2, 0.25) is 5.75 Å². The lowest BCUT2D eigenvalue weighted by Crippen LogP contribution is -2.17. The lowest BCUT2D eigenvalue weighted by atomic mass is 10.0. The molecule has 3 rings (SSSR count). The zero-order valence-corrected chi connectivity index (χ0v) is 20.2. The van der Waals surface area contributed by atoms with Crippen LogP contribution in [0.5, 0.6) is 23.0 Å². The molecule has 0 bridgehead atoms. The number of methoxy groups -OCH3 is 2. The molecule has 0 radical (unpaired) electrons. The zero-order valence-electron chi connectivity index (χ0n) is 19.5. The number of carbonyl (C=O) groups is 1. The highest BCUT2D eigenvalue weighted by Gasteiger charge is 2.14. The summed E-state index contributed by atoms with van der Waals surface area (Å²) in [6.07, 6.45) is 1.46. The fourth-order valence-electron chi connectivity index (χ4n) is 3.17. The average Bonchev–Trinajstić information content (AvgIpc) is 2.84. The number of ether oxygens (including phenoxy) is 3. The van der Waals surface area contributed by atoms with Crippen molar-refractivity contribution in [3.8, 4) is 23.0 Å². The van der Waals surface area contributed by atoms with Gasteiger partial charge in [-0.3, -0.25) is 4.79 Å². The van der Waals surface area contributed by atoms with E-state index in [4.69, 9.17) is 25.8 Å². The zero-order chi connectivity index (χ0) is 24.7. The molecular formula is C26H27ClN2O5. The lowest BCUT2D eigenvalue weighted by molar-refractivity contribution is 0.0955. The first kappa shape index (κ1) is 24.9.